The fourth-order valence-corrected chi connectivity index (χ4v) is 3.55. The fraction of sp³-hybridized carbons (Fsp3) is 0.625. The first-order chi connectivity index (χ1) is 9.74. The van der Waals surface area contributed by atoms with Gasteiger partial charge in [0, 0.05) is 18.4 Å². The predicted octanol–water partition coefficient (Wildman–Crippen LogP) is 2.60. The third-order valence-corrected chi connectivity index (χ3v) is 4.72. The van der Waals surface area contributed by atoms with E-state index in [2.05, 4.69) is 15.6 Å². The number of hydrogen-bond donors (Lipinski definition) is 2. The van der Waals surface area contributed by atoms with Crippen LogP contribution in [0.2, 0.25) is 0 Å². The quantitative estimate of drug-likeness (QED) is 0.902. The molecule has 4 unspecified atom stereocenters. The monoisotopic (exact) mass is 309 g/mol. The van der Waals surface area contributed by atoms with Crippen molar-refractivity contribution >= 4 is 18.3 Å². The average molecular weight is 310 g/mol. The fourth-order valence-electron chi connectivity index (χ4n) is 3.55. The van der Waals surface area contributed by atoms with Crippen LogP contribution in [0, 0.1) is 5.92 Å². The molecule has 2 heterocycles. The maximum Gasteiger partial charge on any atom is 0.237 e. The second-order valence-corrected chi connectivity index (χ2v) is 6.12. The van der Waals surface area contributed by atoms with Crippen LogP contribution >= 0.6 is 12.4 Å². The zero-order valence-electron chi connectivity index (χ0n) is 12.4. The summed E-state index contributed by atoms with van der Waals surface area (Å²) in [5.41, 5.74) is 1.05. The Morgan fingerprint density at radius 1 is 1.43 bits per heavy atom. The smallest absolute Gasteiger partial charge is 0.237 e. The lowest BCUT2D eigenvalue weighted by molar-refractivity contribution is -0.123. The summed E-state index contributed by atoms with van der Waals surface area (Å²) in [6.07, 6.45) is 9.69. The Hall–Kier alpha value is -1.13. The van der Waals surface area contributed by atoms with Gasteiger partial charge in [-0.15, -0.1) is 12.4 Å². The van der Waals surface area contributed by atoms with Crippen LogP contribution in [0.5, 0.6) is 0 Å². The number of halogens is 1. The second-order valence-electron chi connectivity index (χ2n) is 6.12. The topological polar surface area (TPSA) is 54.0 Å². The molecule has 2 aliphatic rings. The van der Waals surface area contributed by atoms with E-state index >= 15 is 0 Å². The molecule has 4 nitrogen and oxygen atoms in total. The standard InChI is InChI=1S/C16H23N3O.ClH/c1-11(13-6-4-8-17-10-13)18-16(20)15-9-12-5-2-3-7-14(12)19-15;/h4,6,8,10-12,14-15,19H,2-3,5,7,9H2,1H3,(H,18,20);1H. The molecule has 1 aliphatic carbocycles. The van der Waals surface area contributed by atoms with E-state index in [0.717, 1.165) is 12.0 Å². The number of hydrogen-bond acceptors (Lipinski definition) is 3. The molecular weight excluding hydrogens is 286 g/mol. The van der Waals surface area contributed by atoms with Crippen molar-refractivity contribution in [2.45, 2.75) is 57.2 Å². The van der Waals surface area contributed by atoms with E-state index in [1.165, 1.54) is 25.7 Å². The lowest BCUT2D eigenvalue weighted by Crippen LogP contribution is -2.43. The molecule has 1 saturated heterocycles. The number of aromatic nitrogens is 1. The van der Waals surface area contributed by atoms with Gasteiger partial charge in [0.05, 0.1) is 12.1 Å². The molecule has 4 atom stereocenters. The van der Waals surface area contributed by atoms with Gasteiger partial charge in [0.2, 0.25) is 5.91 Å². The summed E-state index contributed by atoms with van der Waals surface area (Å²) in [5.74, 6) is 0.837. The Kier molecular flexibility index (Phi) is 5.59. The van der Waals surface area contributed by atoms with E-state index in [-0.39, 0.29) is 30.4 Å². The van der Waals surface area contributed by atoms with Gasteiger partial charge in [-0.2, -0.15) is 0 Å². The molecule has 1 aliphatic heterocycles. The van der Waals surface area contributed by atoms with Crippen LogP contribution in [-0.2, 0) is 4.79 Å². The maximum absolute atomic E-state index is 12.4. The molecule has 1 aromatic heterocycles. The molecule has 0 aromatic carbocycles. The number of carbonyl (C=O) groups is 1. The zero-order chi connectivity index (χ0) is 13.9. The third kappa shape index (κ3) is 3.74. The van der Waals surface area contributed by atoms with E-state index in [0.29, 0.717) is 12.0 Å². The van der Waals surface area contributed by atoms with Crippen LogP contribution in [0.4, 0.5) is 0 Å². The number of nitrogens with zero attached hydrogens (tertiary/aromatic N) is 1. The van der Waals surface area contributed by atoms with E-state index in [9.17, 15) is 4.79 Å². The van der Waals surface area contributed by atoms with E-state index < -0.39 is 0 Å². The molecule has 0 radical (unpaired) electrons. The molecule has 1 amide bonds. The van der Waals surface area contributed by atoms with Crippen LogP contribution in [-0.4, -0.2) is 23.0 Å². The number of fused-ring (bicyclic) bond motifs is 1. The molecule has 116 valence electrons. The van der Waals surface area contributed by atoms with Crippen molar-refractivity contribution in [1.29, 1.82) is 0 Å². The minimum absolute atomic E-state index is 0. The van der Waals surface area contributed by atoms with Crippen LogP contribution in [0.25, 0.3) is 0 Å². The van der Waals surface area contributed by atoms with Gasteiger partial charge >= 0.3 is 0 Å². The first-order valence-electron chi connectivity index (χ1n) is 7.70. The van der Waals surface area contributed by atoms with Gasteiger partial charge in [-0.3, -0.25) is 9.78 Å². The number of pyridine rings is 1. The predicted molar refractivity (Wildman–Crippen MR) is 85.3 cm³/mol. The second kappa shape index (κ2) is 7.23. The van der Waals surface area contributed by atoms with Gasteiger partial charge in [0.25, 0.3) is 0 Å². The normalized spacial score (nSPS) is 29.1. The van der Waals surface area contributed by atoms with Crippen LogP contribution in [0.1, 0.15) is 50.6 Å². The van der Waals surface area contributed by atoms with E-state index in [4.69, 9.17) is 0 Å². The number of nitrogens with one attached hydrogen (secondary N) is 2. The molecule has 5 heteroatoms. The highest BCUT2D eigenvalue weighted by atomic mass is 35.5. The van der Waals surface area contributed by atoms with Crippen LogP contribution in [0.3, 0.4) is 0 Å². The lowest BCUT2D eigenvalue weighted by Gasteiger charge is -2.24. The SMILES string of the molecule is CC(NC(=O)C1CC2CCCCC2N1)c1cccnc1.Cl. The average Bonchev–Trinajstić information content (AvgIpc) is 2.92. The summed E-state index contributed by atoms with van der Waals surface area (Å²) in [5, 5.41) is 6.63. The van der Waals surface area contributed by atoms with Crippen LogP contribution in [0.15, 0.2) is 24.5 Å². The van der Waals surface area contributed by atoms with Gasteiger partial charge in [-0.05, 0) is 43.7 Å². The molecule has 1 saturated carbocycles. The molecule has 3 rings (SSSR count). The number of rotatable bonds is 3. The number of carbonyl (C=O) groups excluding carboxylic acids is 1. The van der Waals surface area contributed by atoms with E-state index in [1.807, 2.05) is 25.3 Å². The van der Waals surface area contributed by atoms with Crippen LogP contribution < -0.4 is 10.6 Å². The minimum atomic E-state index is -0.0118. The lowest BCUT2D eigenvalue weighted by atomic mass is 9.85. The Balaban J connectivity index is 0.00000161. The molecule has 0 bridgehead atoms. The van der Waals surface area contributed by atoms with Crippen molar-refractivity contribution in [3.05, 3.63) is 30.1 Å². The summed E-state index contributed by atoms with van der Waals surface area (Å²) in [6.45, 7) is 2.01. The zero-order valence-corrected chi connectivity index (χ0v) is 13.2. The Morgan fingerprint density at radius 2 is 2.24 bits per heavy atom. The van der Waals surface area contributed by atoms with Gasteiger partial charge in [0.15, 0.2) is 0 Å². The minimum Gasteiger partial charge on any atom is -0.348 e. The molecule has 2 fully saturated rings. The number of amides is 1. The largest absolute Gasteiger partial charge is 0.348 e. The first kappa shape index (κ1) is 16.2. The van der Waals surface area contributed by atoms with Gasteiger partial charge < -0.3 is 10.6 Å². The highest BCUT2D eigenvalue weighted by Crippen LogP contribution is 2.33. The summed E-state index contributed by atoms with van der Waals surface area (Å²) >= 11 is 0. The highest BCUT2D eigenvalue weighted by Gasteiger charge is 2.38. The Labute approximate surface area is 132 Å². The molecule has 2 N–H and O–H groups in total. The molecular formula is C16H24ClN3O. The Bertz CT molecular complexity index is 454. The van der Waals surface area contributed by atoms with Gasteiger partial charge in [0.1, 0.15) is 0 Å². The third-order valence-electron chi connectivity index (χ3n) is 4.72. The van der Waals surface area contributed by atoms with Gasteiger partial charge in [-0.1, -0.05) is 18.9 Å². The Morgan fingerprint density at radius 3 is 2.95 bits per heavy atom. The van der Waals surface area contributed by atoms with Crippen molar-refractivity contribution in [2.24, 2.45) is 5.92 Å². The molecule has 0 spiro atoms. The van der Waals surface area contributed by atoms with Crippen molar-refractivity contribution in [1.82, 2.24) is 15.6 Å². The van der Waals surface area contributed by atoms with Crippen molar-refractivity contribution in [3.63, 3.8) is 0 Å². The van der Waals surface area contributed by atoms with Crippen molar-refractivity contribution in [3.8, 4) is 0 Å². The summed E-state index contributed by atoms with van der Waals surface area (Å²) < 4.78 is 0. The van der Waals surface area contributed by atoms with Crippen molar-refractivity contribution in [2.75, 3.05) is 0 Å². The summed E-state index contributed by atoms with van der Waals surface area (Å²) in [7, 11) is 0. The first-order valence-corrected chi connectivity index (χ1v) is 7.70. The summed E-state index contributed by atoms with van der Waals surface area (Å²) in [6, 6.07) is 4.47. The summed E-state index contributed by atoms with van der Waals surface area (Å²) in [4.78, 5) is 16.5. The highest BCUT2D eigenvalue weighted by molar-refractivity contribution is 5.85. The molecule has 21 heavy (non-hydrogen) atoms. The van der Waals surface area contributed by atoms with Crippen molar-refractivity contribution < 1.29 is 4.79 Å². The molecule has 1 aromatic rings. The van der Waals surface area contributed by atoms with Gasteiger partial charge in [-0.25, -0.2) is 0 Å². The van der Waals surface area contributed by atoms with E-state index in [1.54, 1.807) is 6.20 Å². The maximum atomic E-state index is 12.4.